The molecule has 0 radical (unpaired) electrons. The summed E-state index contributed by atoms with van der Waals surface area (Å²) in [7, 11) is -4.20. The molecule has 274 valence electrons. The lowest BCUT2D eigenvalue weighted by Crippen LogP contribution is -3.00. The van der Waals surface area contributed by atoms with Crippen molar-refractivity contribution in [2.24, 2.45) is 0 Å². The monoisotopic (exact) mass is 886 g/mol. The van der Waals surface area contributed by atoms with Crippen LogP contribution in [0.4, 0.5) is 0 Å². The fourth-order valence-electron chi connectivity index (χ4n) is 7.74. The topological polar surface area (TPSA) is 0 Å². The second-order valence-electron chi connectivity index (χ2n) is 13.5. The van der Waals surface area contributed by atoms with Crippen molar-refractivity contribution in [3.8, 4) is 11.8 Å². The number of rotatable bonds is 10. The molecule has 56 heavy (non-hydrogen) atoms. The van der Waals surface area contributed by atoms with Crippen LogP contribution in [0.3, 0.4) is 0 Å². The number of benzene rings is 8. The molecule has 0 aliphatic heterocycles. The molecule has 0 spiro atoms. The van der Waals surface area contributed by atoms with Crippen molar-refractivity contribution < 1.29 is 34.0 Å². The molecule has 0 atom stereocenters. The second kappa shape index (κ2) is 19.3. The second-order valence-corrected chi connectivity index (χ2v) is 20.5. The zero-order valence-corrected chi connectivity index (χ0v) is 36.0. The first-order valence-electron chi connectivity index (χ1n) is 18.6. The standard InChI is InChI=1S/C52H42P2.2BrH/c1-7-27-47(28-8-1)53(48-29-9-2-10-30-48,49-31-11-3-12-32-49)41-45-25-21-19-23-43(45)39-40-44-24-20-22-26-46(44)42-54(50-33-13-4-14-34-50,51-35-15-5-16-36-51)52-37-17-6-18-38-52;;/h1-38H,41-42H2;2*1H/q+2;;/p-2. The molecule has 0 unspecified atom stereocenters. The molecule has 0 bridgehead atoms. The van der Waals surface area contributed by atoms with E-state index in [0.717, 1.165) is 23.5 Å². The van der Waals surface area contributed by atoms with Crippen LogP contribution in [-0.2, 0) is 12.3 Å². The van der Waals surface area contributed by atoms with E-state index in [9.17, 15) is 0 Å². The lowest BCUT2D eigenvalue weighted by atomic mass is 10.1. The Morgan fingerprint density at radius 1 is 0.250 bits per heavy atom. The van der Waals surface area contributed by atoms with Crippen LogP contribution in [0.1, 0.15) is 22.3 Å². The summed E-state index contributed by atoms with van der Waals surface area (Å²) in [5, 5.41) is 8.24. The Kier molecular flexibility index (Phi) is 14.1. The van der Waals surface area contributed by atoms with Crippen LogP contribution in [-0.4, -0.2) is 0 Å². The Morgan fingerprint density at radius 3 is 0.679 bits per heavy atom. The van der Waals surface area contributed by atoms with Crippen molar-refractivity contribution in [1.29, 1.82) is 0 Å². The molecular formula is C52H42Br2P2. The number of halogens is 2. The maximum absolute atomic E-state index is 3.73. The van der Waals surface area contributed by atoms with Gasteiger partial charge in [0.1, 0.15) is 46.4 Å². The van der Waals surface area contributed by atoms with E-state index in [4.69, 9.17) is 0 Å². The largest absolute Gasteiger partial charge is 1.00 e. The smallest absolute Gasteiger partial charge is 0.116 e. The van der Waals surface area contributed by atoms with Gasteiger partial charge in [-0.25, -0.2) is 0 Å². The highest BCUT2D eigenvalue weighted by atomic mass is 79.9. The van der Waals surface area contributed by atoms with E-state index in [2.05, 4.69) is 242 Å². The first-order chi connectivity index (χ1) is 26.8. The Balaban J connectivity index is 0.00000266. The van der Waals surface area contributed by atoms with Crippen molar-refractivity contribution in [1.82, 2.24) is 0 Å². The average molecular weight is 889 g/mol. The van der Waals surface area contributed by atoms with Gasteiger partial charge in [0.2, 0.25) is 0 Å². The van der Waals surface area contributed by atoms with E-state index >= 15 is 0 Å². The van der Waals surface area contributed by atoms with Crippen LogP contribution in [0.5, 0.6) is 0 Å². The lowest BCUT2D eigenvalue weighted by Gasteiger charge is -2.28. The fraction of sp³-hybridized carbons (Fsp3) is 0.0385. The molecule has 0 saturated heterocycles. The fourth-order valence-corrected chi connectivity index (χ4v) is 16.3. The third-order valence-electron chi connectivity index (χ3n) is 10.4. The van der Waals surface area contributed by atoms with Gasteiger partial charge >= 0.3 is 0 Å². The van der Waals surface area contributed by atoms with E-state index in [1.54, 1.807) is 0 Å². The summed E-state index contributed by atoms with van der Waals surface area (Å²) in [6, 6.07) is 84.3. The summed E-state index contributed by atoms with van der Waals surface area (Å²) in [5.41, 5.74) is 4.70. The predicted molar refractivity (Wildman–Crippen MR) is 237 cm³/mol. The van der Waals surface area contributed by atoms with Gasteiger partial charge in [0.05, 0.1) is 12.3 Å². The van der Waals surface area contributed by atoms with Crippen LogP contribution >= 0.6 is 14.5 Å². The highest BCUT2D eigenvalue weighted by Gasteiger charge is 2.47. The Bertz CT molecular complexity index is 2110. The summed E-state index contributed by atoms with van der Waals surface area (Å²) in [6.45, 7) is 0. The number of hydrogen-bond donors (Lipinski definition) is 0. The maximum Gasteiger partial charge on any atom is 0.116 e. The normalized spacial score (nSPS) is 10.9. The summed E-state index contributed by atoms with van der Waals surface area (Å²) in [4.78, 5) is 0. The molecule has 0 aromatic heterocycles. The van der Waals surface area contributed by atoms with Gasteiger partial charge in [-0.3, -0.25) is 0 Å². The van der Waals surface area contributed by atoms with Crippen LogP contribution in [0.2, 0.25) is 0 Å². The molecular weight excluding hydrogens is 846 g/mol. The minimum absolute atomic E-state index is 0. The Morgan fingerprint density at radius 2 is 0.446 bits per heavy atom. The quantitative estimate of drug-likeness (QED) is 0.144. The summed E-state index contributed by atoms with van der Waals surface area (Å²) in [5.74, 6) is 7.46. The first-order valence-corrected chi connectivity index (χ1v) is 22.5. The molecule has 0 fully saturated rings. The minimum Gasteiger partial charge on any atom is -1.00 e. The van der Waals surface area contributed by atoms with E-state index in [0.29, 0.717) is 0 Å². The van der Waals surface area contributed by atoms with Crippen LogP contribution in [0.25, 0.3) is 0 Å². The van der Waals surface area contributed by atoms with E-state index < -0.39 is 14.5 Å². The SMILES string of the molecule is C(#Cc1ccccc1C[P+](c1ccccc1)(c1ccccc1)c1ccccc1)c1ccccc1C[P+](c1ccccc1)(c1ccccc1)c1ccccc1.[Br-].[Br-]. The predicted octanol–water partition coefficient (Wildman–Crippen LogP) is 4.08. The van der Waals surface area contributed by atoms with Crippen LogP contribution < -0.4 is 65.8 Å². The lowest BCUT2D eigenvalue weighted by molar-refractivity contribution is -0.00100. The molecule has 0 heterocycles. The first kappa shape index (κ1) is 40.8. The van der Waals surface area contributed by atoms with E-state index in [-0.39, 0.29) is 34.0 Å². The third kappa shape index (κ3) is 8.44. The van der Waals surface area contributed by atoms with Crippen LogP contribution in [0, 0.1) is 11.8 Å². The van der Waals surface area contributed by atoms with Crippen molar-refractivity contribution in [3.05, 3.63) is 253 Å². The van der Waals surface area contributed by atoms with Gasteiger partial charge < -0.3 is 34.0 Å². The van der Waals surface area contributed by atoms with Crippen molar-refractivity contribution >= 4 is 46.4 Å². The third-order valence-corrected chi connectivity index (χ3v) is 19.1. The number of hydrogen-bond acceptors (Lipinski definition) is 0. The van der Waals surface area contributed by atoms with Gasteiger partial charge in [0.25, 0.3) is 0 Å². The molecule has 8 aromatic rings. The highest BCUT2D eigenvalue weighted by molar-refractivity contribution is 7.95. The molecule has 0 amide bonds. The molecule has 0 aliphatic carbocycles. The van der Waals surface area contributed by atoms with Gasteiger partial charge in [-0.15, -0.1) is 0 Å². The van der Waals surface area contributed by atoms with Gasteiger partial charge in [0.15, 0.2) is 0 Å². The van der Waals surface area contributed by atoms with Crippen molar-refractivity contribution in [2.45, 2.75) is 12.3 Å². The van der Waals surface area contributed by atoms with Crippen molar-refractivity contribution in [2.75, 3.05) is 0 Å². The molecule has 4 heteroatoms. The highest BCUT2D eigenvalue weighted by Crippen LogP contribution is 2.59. The summed E-state index contributed by atoms with van der Waals surface area (Å²) in [6.07, 6.45) is 1.75. The summed E-state index contributed by atoms with van der Waals surface area (Å²) >= 11 is 0. The van der Waals surface area contributed by atoms with E-state index in [1.165, 1.54) is 43.0 Å². The van der Waals surface area contributed by atoms with E-state index in [1.807, 2.05) is 0 Å². The zero-order chi connectivity index (χ0) is 36.5. The van der Waals surface area contributed by atoms with Crippen LogP contribution in [0.15, 0.2) is 231 Å². The maximum atomic E-state index is 3.73. The summed E-state index contributed by atoms with van der Waals surface area (Å²) < 4.78 is 0. The van der Waals surface area contributed by atoms with Gasteiger partial charge in [-0.05, 0) is 84.9 Å². The van der Waals surface area contributed by atoms with Gasteiger partial charge in [-0.2, -0.15) is 0 Å². The minimum atomic E-state index is -2.10. The van der Waals surface area contributed by atoms with Gasteiger partial charge in [0, 0.05) is 22.3 Å². The zero-order valence-electron chi connectivity index (χ0n) is 31.0. The molecule has 0 N–H and O–H groups in total. The molecule has 0 nitrogen and oxygen atoms in total. The molecule has 8 rings (SSSR count). The molecule has 0 aliphatic rings. The molecule has 0 saturated carbocycles. The average Bonchev–Trinajstić information content (AvgIpc) is 3.26. The van der Waals surface area contributed by atoms with Crippen molar-refractivity contribution in [3.63, 3.8) is 0 Å². The Hall–Kier alpha value is -4.86. The molecule has 8 aromatic carbocycles. The Labute approximate surface area is 354 Å². The van der Waals surface area contributed by atoms with Gasteiger partial charge in [-0.1, -0.05) is 157 Å².